The van der Waals surface area contributed by atoms with Crippen molar-refractivity contribution in [1.82, 2.24) is 4.98 Å². The van der Waals surface area contributed by atoms with Gasteiger partial charge in [0.05, 0.1) is 0 Å². The first kappa shape index (κ1) is 7.09. The summed E-state index contributed by atoms with van der Waals surface area (Å²) in [5.41, 5.74) is 0.613. The molecule has 58 valence electrons. The molecule has 0 aromatic carbocycles. The zero-order chi connectivity index (χ0) is 8.39. The van der Waals surface area contributed by atoms with Crippen LogP contribution >= 0.6 is 0 Å². The average molecular weight is 159 g/mol. The first-order chi connectivity index (χ1) is 5.88. The molecule has 3 nitrogen and oxygen atoms in total. The van der Waals surface area contributed by atoms with Gasteiger partial charge in [-0.05, 0) is 0 Å². The Hall–Kier alpha value is -1.58. The summed E-state index contributed by atoms with van der Waals surface area (Å²) in [5, 5.41) is 9.38. The molecule has 0 aliphatic heterocycles. The van der Waals surface area contributed by atoms with Gasteiger partial charge in [-0.2, -0.15) is 0 Å². The van der Waals surface area contributed by atoms with Crippen molar-refractivity contribution in [2.24, 2.45) is 0 Å². The second kappa shape index (κ2) is 2.81. The summed E-state index contributed by atoms with van der Waals surface area (Å²) in [6, 6.07) is 3.35. The van der Waals surface area contributed by atoms with E-state index in [9.17, 15) is 5.11 Å². The van der Waals surface area contributed by atoms with E-state index >= 15 is 0 Å². The Morgan fingerprint density at radius 3 is 3.08 bits per heavy atom. The Balaban J connectivity index is 2.55. The molecular formula is C8H6BNO2. The van der Waals surface area contributed by atoms with Crippen molar-refractivity contribution in [2.75, 3.05) is 0 Å². The van der Waals surface area contributed by atoms with Crippen LogP contribution in [0.5, 0.6) is 5.75 Å². The summed E-state index contributed by atoms with van der Waals surface area (Å²) in [7, 11) is 0. The molecule has 0 radical (unpaired) electrons. The monoisotopic (exact) mass is 159 g/mol. The number of nitrogens with zero attached hydrogens (tertiary/aromatic N) is 1. The van der Waals surface area contributed by atoms with Crippen LogP contribution in [0.2, 0.25) is 0 Å². The van der Waals surface area contributed by atoms with Gasteiger partial charge in [-0.1, -0.05) is 0 Å². The SMILES string of the molecule is Oc1cccbc1-c1ncco1. The van der Waals surface area contributed by atoms with Gasteiger partial charge in [-0.3, -0.25) is 0 Å². The molecule has 0 saturated heterocycles. The minimum atomic E-state index is 0.181. The standard InChI is InChI=1S/C8H6BNO2/c11-6-2-1-3-9-7(6)8-10-4-5-12-8/h1-5,11H. The summed E-state index contributed by atoms with van der Waals surface area (Å²) < 4.78 is 5.03. The third-order valence-electron chi connectivity index (χ3n) is 1.57. The Morgan fingerprint density at radius 1 is 1.50 bits per heavy atom. The van der Waals surface area contributed by atoms with E-state index in [4.69, 9.17) is 4.42 Å². The summed E-state index contributed by atoms with van der Waals surface area (Å²) in [6.07, 6.45) is 3.02. The fraction of sp³-hybridized carbons (Fsp3) is 0. The first-order valence-electron chi connectivity index (χ1n) is 3.56. The molecule has 0 aliphatic carbocycles. The Morgan fingerprint density at radius 2 is 2.42 bits per heavy atom. The predicted octanol–water partition coefficient (Wildman–Crippen LogP) is 1.39. The molecule has 0 bridgehead atoms. The van der Waals surface area contributed by atoms with E-state index in [1.165, 1.54) is 6.26 Å². The summed E-state index contributed by atoms with van der Waals surface area (Å²) in [6.45, 7) is 1.75. The van der Waals surface area contributed by atoms with Crippen molar-refractivity contribution in [3.05, 3.63) is 30.6 Å². The van der Waals surface area contributed by atoms with Gasteiger partial charge in [-0.15, -0.1) is 0 Å². The van der Waals surface area contributed by atoms with Gasteiger partial charge < -0.3 is 0 Å². The molecule has 4 heteroatoms. The molecule has 0 spiro atoms. The second-order valence-corrected chi connectivity index (χ2v) is 2.35. The molecular weight excluding hydrogens is 153 g/mol. The van der Waals surface area contributed by atoms with Crippen LogP contribution in [0.25, 0.3) is 11.3 Å². The number of hydrogen-bond acceptors (Lipinski definition) is 3. The van der Waals surface area contributed by atoms with Crippen LogP contribution < -0.4 is 0 Å². The molecule has 2 rings (SSSR count). The molecule has 2 aromatic heterocycles. The maximum absolute atomic E-state index is 9.38. The van der Waals surface area contributed by atoms with Gasteiger partial charge in [0.1, 0.15) is 0 Å². The fourth-order valence-corrected chi connectivity index (χ4v) is 1.01. The predicted molar refractivity (Wildman–Crippen MR) is 45.0 cm³/mol. The van der Waals surface area contributed by atoms with Crippen molar-refractivity contribution < 1.29 is 9.52 Å². The van der Waals surface area contributed by atoms with Gasteiger partial charge in [0, 0.05) is 0 Å². The van der Waals surface area contributed by atoms with E-state index in [2.05, 4.69) is 4.98 Å². The minimum absolute atomic E-state index is 0.181. The van der Waals surface area contributed by atoms with Gasteiger partial charge in [0.15, 0.2) is 0 Å². The van der Waals surface area contributed by atoms with Crippen LogP contribution in [-0.2, 0) is 0 Å². The van der Waals surface area contributed by atoms with Gasteiger partial charge in [-0.25, -0.2) is 0 Å². The maximum atomic E-state index is 9.38. The molecule has 0 amide bonds. The quantitative estimate of drug-likeness (QED) is 0.683. The van der Waals surface area contributed by atoms with E-state index in [1.54, 1.807) is 25.2 Å². The molecule has 2 heterocycles. The van der Waals surface area contributed by atoms with Crippen molar-refractivity contribution in [3.63, 3.8) is 0 Å². The summed E-state index contributed by atoms with van der Waals surface area (Å²) >= 11 is 0. The Bertz CT molecular complexity index is 372. The van der Waals surface area contributed by atoms with Crippen LogP contribution in [0.15, 0.2) is 35.0 Å². The van der Waals surface area contributed by atoms with Crippen LogP contribution in [0.3, 0.4) is 0 Å². The zero-order valence-corrected chi connectivity index (χ0v) is 6.27. The van der Waals surface area contributed by atoms with Crippen molar-refractivity contribution in [1.29, 1.82) is 0 Å². The van der Waals surface area contributed by atoms with E-state index < -0.39 is 0 Å². The third kappa shape index (κ3) is 1.11. The first-order valence-corrected chi connectivity index (χ1v) is 3.56. The average Bonchev–Trinajstić information content (AvgIpc) is 2.57. The number of aromatic hydroxyl groups is 1. The second-order valence-electron chi connectivity index (χ2n) is 2.35. The zero-order valence-electron chi connectivity index (χ0n) is 6.27. The molecule has 0 unspecified atom stereocenters. The van der Waals surface area contributed by atoms with Crippen LogP contribution in [-0.4, -0.2) is 17.0 Å². The number of rotatable bonds is 1. The van der Waals surface area contributed by atoms with Gasteiger partial charge in [0.2, 0.25) is 0 Å². The van der Waals surface area contributed by atoms with E-state index in [-0.39, 0.29) is 5.75 Å². The van der Waals surface area contributed by atoms with Gasteiger partial charge in [0.25, 0.3) is 0 Å². The van der Waals surface area contributed by atoms with Gasteiger partial charge >= 0.3 is 69.1 Å². The Labute approximate surface area is 69.9 Å². The number of hydrogen-bond donors (Lipinski definition) is 1. The van der Waals surface area contributed by atoms with Crippen molar-refractivity contribution >= 4 is 6.91 Å². The van der Waals surface area contributed by atoms with Crippen molar-refractivity contribution in [3.8, 4) is 17.1 Å². The molecule has 2 aromatic rings. The number of oxazole rings is 1. The topological polar surface area (TPSA) is 46.3 Å². The van der Waals surface area contributed by atoms with Crippen LogP contribution in [0.1, 0.15) is 0 Å². The van der Waals surface area contributed by atoms with Crippen LogP contribution in [0, 0.1) is 0 Å². The fourth-order valence-electron chi connectivity index (χ4n) is 1.01. The summed E-state index contributed by atoms with van der Waals surface area (Å²) in [4.78, 5) is 3.92. The van der Waals surface area contributed by atoms with Crippen LogP contribution in [0.4, 0.5) is 0 Å². The molecule has 0 fully saturated rings. The molecule has 0 atom stereocenters. The van der Waals surface area contributed by atoms with E-state index in [1.807, 2.05) is 5.96 Å². The van der Waals surface area contributed by atoms with E-state index in [0.717, 1.165) is 0 Å². The molecule has 12 heavy (non-hydrogen) atoms. The van der Waals surface area contributed by atoms with Crippen molar-refractivity contribution in [2.45, 2.75) is 0 Å². The summed E-state index contributed by atoms with van der Waals surface area (Å²) in [5.74, 6) is 2.44. The third-order valence-corrected chi connectivity index (χ3v) is 1.57. The normalized spacial score (nSPS) is 9.67. The molecule has 1 N–H and O–H groups in total. The number of aromatic nitrogens is 1. The molecule has 0 aliphatic rings. The van der Waals surface area contributed by atoms with E-state index in [0.29, 0.717) is 11.3 Å². The Kier molecular flexibility index (Phi) is 1.66. The molecule has 0 saturated carbocycles.